The fourth-order valence-electron chi connectivity index (χ4n) is 3.38. The second kappa shape index (κ2) is 8.06. The number of carbonyl (C=O) groups is 1. The van der Waals surface area contributed by atoms with Crippen LogP contribution in [0.25, 0.3) is 5.69 Å². The molecule has 0 spiro atoms. The van der Waals surface area contributed by atoms with Crippen molar-refractivity contribution in [2.24, 2.45) is 0 Å². The van der Waals surface area contributed by atoms with Gasteiger partial charge in [0.2, 0.25) is 0 Å². The molecule has 1 aromatic heterocycles. The number of hydrogen-bond acceptors (Lipinski definition) is 5. The first-order chi connectivity index (χ1) is 13.6. The third kappa shape index (κ3) is 3.89. The minimum absolute atomic E-state index is 0.104. The lowest BCUT2D eigenvalue weighted by Gasteiger charge is -2.29. The van der Waals surface area contributed by atoms with E-state index in [2.05, 4.69) is 32.4 Å². The molecular weight excluding hydrogens is 370 g/mol. The van der Waals surface area contributed by atoms with Crippen LogP contribution in [0.5, 0.6) is 0 Å². The molecule has 144 valence electrons. The largest absolute Gasteiger partial charge is 0.370 e. The highest BCUT2D eigenvalue weighted by molar-refractivity contribution is 7.99. The minimum atomic E-state index is -0.104. The molecule has 0 saturated carbocycles. The molecule has 4 rings (SSSR count). The van der Waals surface area contributed by atoms with E-state index in [0.29, 0.717) is 5.56 Å². The highest BCUT2D eigenvalue weighted by Crippen LogP contribution is 2.26. The number of nitrogens with zero attached hydrogens (tertiary/aromatic N) is 4. The number of anilines is 2. The maximum atomic E-state index is 12.8. The van der Waals surface area contributed by atoms with E-state index in [0.717, 1.165) is 35.6 Å². The summed E-state index contributed by atoms with van der Waals surface area (Å²) in [4.78, 5) is 19.2. The molecule has 0 radical (unpaired) electrons. The van der Waals surface area contributed by atoms with E-state index < -0.39 is 0 Å². The number of amides is 1. The average molecular weight is 394 g/mol. The van der Waals surface area contributed by atoms with Crippen molar-refractivity contribution in [1.29, 1.82) is 0 Å². The van der Waals surface area contributed by atoms with Gasteiger partial charge in [-0.15, -0.1) is 0 Å². The molecule has 0 atom stereocenters. The molecule has 1 fully saturated rings. The van der Waals surface area contributed by atoms with Crippen molar-refractivity contribution in [2.75, 3.05) is 34.8 Å². The number of aromatic nitrogens is 3. The zero-order chi connectivity index (χ0) is 19.5. The Morgan fingerprint density at radius 2 is 1.79 bits per heavy atom. The first kappa shape index (κ1) is 18.6. The van der Waals surface area contributed by atoms with Gasteiger partial charge in [-0.05, 0) is 61.4 Å². The molecule has 0 unspecified atom stereocenters. The molecule has 0 bridgehead atoms. The molecule has 2 aromatic carbocycles. The normalized spacial score (nSPS) is 14.1. The van der Waals surface area contributed by atoms with Crippen molar-refractivity contribution in [1.82, 2.24) is 14.8 Å². The van der Waals surface area contributed by atoms with E-state index in [1.54, 1.807) is 11.0 Å². The van der Waals surface area contributed by atoms with Crippen LogP contribution in [0.4, 0.5) is 11.4 Å². The smallest absolute Gasteiger partial charge is 0.255 e. The van der Waals surface area contributed by atoms with Crippen LogP contribution < -0.4 is 10.2 Å². The van der Waals surface area contributed by atoms with Crippen LogP contribution in [0, 0.1) is 13.8 Å². The standard InChI is InChI=1S/C21H23N5OS/c1-15-11-18(26-14-22-13-23-26)3-5-19(15)21(27)24-20-6-4-17(12-16(20)2)25-7-9-28-10-8-25/h3-6,11-14H,7-10H2,1-2H3,(H,24,27). The quantitative estimate of drug-likeness (QED) is 0.732. The van der Waals surface area contributed by atoms with Gasteiger partial charge in [0.25, 0.3) is 5.91 Å². The zero-order valence-corrected chi connectivity index (χ0v) is 16.9. The Bertz CT molecular complexity index is 980. The van der Waals surface area contributed by atoms with Crippen molar-refractivity contribution >= 4 is 29.0 Å². The molecule has 6 nitrogen and oxygen atoms in total. The molecule has 1 saturated heterocycles. The Morgan fingerprint density at radius 3 is 2.46 bits per heavy atom. The molecule has 2 heterocycles. The van der Waals surface area contributed by atoms with Crippen LogP contribution in [-0.4, -0.2) is 45.3 Å². The molecular formula is C21H23N5OS. The van der Waals surface area contributed by atoms with Gasteiger partial charge in [0.15, 0.2) is 0 Å². The predicted molar refractivity (Wildman–Crippen MR) is 115 cm³/mol. The van der Waals surface area contributed by atoms with Gasteiger partial charge in [0.05, 0.1) is 5.69 Å². The van der Waals surface area contributed by atoms with Gasteiger partial charge < -0.3 is 10.2 Å². The average Bonchev–Trinajstić information content (AvgIpc) is 3.25. The third-order valence-electron chi connectivity index (χ3n) is 4.97. The van der Waals surface area contributed by atoms with E-state index in [4.69, 9.17) is 0 Å². The maximum absolute atomic E-state index is 12.8. The van der Waals surface area contributed by atoms with E-state index in [1.165, 1.54) is 23.5 Å². The van der Waals surface area contributed by atoms with Crippen LogP contribution in [0.2, 0.25) is 0 Å². The van der Waals surface area contributed by atoms with E-state index in [1.807, 2.05) is 49.9 Å². The SMILES string of the molecule is Cc1cc(N2CCSCC2)ccc1NC(=O)c1ccc(-n2cncn2)cc1C. The van der Waals surface area contributed by atoms with Gasteiger partial charge in [0.1, 0.15) is 12.7 Å². The lowest BCUT2D eigenvalue weighted by molar-refractivity contribution is 0.102. The highest BCUT2D eigenvalue weighted by Gasteiger charge is 2.15. The Hall–Kier alpha value is -2.80. The number of hydrogen-bond donors (Lipinski definition) is 1. The van der Waals surface area contributed by atoms with E-state index in [9.17, 15) is 4.79 Å². The second-order valence-corrected chi connectivity index (χ2v) is 8.12. The Kier molecular flexibility index (Phi) is 5.34. The number of thioether (sulfide) groups is 1. The van der Waals surface area contributed by atoms with Crippen LogP contribution >= 0.6 is 11.8 Å². The van der Waals surface area contributed by atoms with Gasteiger partial charge in [-0.1, -0.05) is 0 Å². The lowest BCUT2D eigenvalue weighted by Crippen LogP contribution is -2.32. The summed E-state index contributed by atoms with van der Waals surface area (Å²) in [6.45, 7) is 6.12. The van der Waals surface area contributed by atoms with Crippen molar-refractivity contribution in [3.05, 3.63) is 65.7 Å². The lowest BCUT2D eigenvalue weighted by atomic mass is 10.1. The molecule has 1 amide bonds. The number of rotatable bonds is 4. The van der Waals surface area contributed by atoms with E-state index in [-0.39, 0.29) is 5.91 Å². The minimum Gasteiger partial charge on any atom is -0.370 e. The zero-order valence-electron chi connectivity index (χ0n) is 16.1. The van der Waals surface area contributed by atoms with Crippen molar-refractivity contribution in [3.63, 3.8) is 0 Å². The molecule has 0 aliphatic carbocycles. The molecule has 1 aliphatic heterocycles. The Morgan fingerprint density at radius 1 is 1.04 bits per heavy atom. The molecule has 7 heteroatoms. The van der Waals surface area contributed by atoms with Gasteiger partial charge in [-0.25, -0.2) is 9.67 Å². The summed E-state index contributed by atoms with van der Waals surface area (Å²) in [6.07, 6.45) is 3.13. The van der Waals surface area contributed by atoms with Crippen molar-refractivity contribution in [3.8, 4) is 5.69 Å². The third-order valence-corrected chi connectivity index (χ3v) is 5.91. The summed E-state index contributed by atoms with van der Waals surface area (Å²) in [7, 11) is 0. The number of carbonyl (C=O) groups excluding carboxylic acids is 1. The monoisotopic (exact) mass is 393 g/mol. The highest BCUT2D eigenvalue weighted by atomic mass is 32.2. The summed E-state index contributed by atoms with van der Waals surface area (Å²) in [5.41, 5.74) is 5.57. The van der Waals surface area contributed by atoms with Crippen LogP contribution in [0.1, 0.15) is 21.5 Å². The van der Waals surface area contributed by atoms with Crippen LogP contribution in [0.3, 0.4) is 0 Å². The van der Waals surface area contributed by atoms with Gasteiger partial charge in [-0.2, -0.15) is 16.9 Å². The van der Waals surface area contributed by atoms with Gasteiger partial charge >= 0.3 is 0 Å². The fourth-order valence-corrected chi connectivity index (χ4v) is 4.29. The van der Waals surface area contributed by atoms with Gasteiger partial charge in [-0.3, -0.25) is 4.79 Å². The molecule has 1 aliphatic rings. The molecule has 28 heavy (non-hydrogen) atoms. The number of benzene rings is 2. The first-order valence-corrected chi connectivity index (χ1v) is 10.5. The number of nitrogens with one attached hydrogen (secondary N) is 1. The first-order valence-electron chi connectivity index (χ1n) is 9.32. The summed E-state index contributed by atoms with van der Waals surface area (Å²) in [6, 6.07) is 11.9. The fraction of sp³-hybridized carbons (Fsp3) is 0.286. The van der Waals surface area contributed by atoms with Crippen LogP contribution in [0.15, 0.2) is 49.1 Å². The molecule has 3 aromatic rings. The second-order valence-electron chi connectivity index (χ2n) is 6.89. The topological polar surface area (TPSA) is 63.1 Å². The van der Waals surface area contributed by atoms with Gasteiger partial charge in [0, 0.05) is 41.5 Å². The van der Waals surface area contributed by atoms with Crippen LogP contribution in [-0.2, 0) is 0 Å². The Balaban J connectivity index is 1.50. The maximum Gasteiger partial charge on any atom is 0.255 e. The van der Waals surface area contributed by atoms with E-state index >= 15 is 0 Å². The van der Waals surface area contributed by atoms with Crippen molar-refractivity contribution < 1.29 is 4.79 Å². The summed E-state index contributed by atoms with van der Waals surface area (Å²) >= 11 is 2.00. The number of aryl methyl sites for hydroxylation is 2. The summed E-state index contributed by atoms with van der Waals surface area (Å²) in [5.74, 6) is 2.23. The summed E-state index contributed by atoms with van der Waals surface area (Å²) in [5, 5.41) is 7.18. The Labute approximate surface area is 169 Å². The summed E-state index contributed by atoms with van der Waals surface area (Å²) < 4.78 is 1.68. The van der Waals surface area contributed by atoms with Crippen molar-refractivity contribution in [2.45, 2.75) is 13.8 Å². The molecule has 1 N–H and O–H groups in total. The predicted octanol–water partition coefficient (Wildman–Crippen LogP) is 3.69.